The molecule has 5 nitrogen and oxygen atoms in total. The number of hydrogen-bond donors (Lipinski definition) is 3. The van der Waals surface area contributed by atoms with E-state index in [1.807, 2.05) is 19.1 Å². The summed E-state index contributed by atoms with van der Waals surface area (Å²) in [7, 11) is 0. The minimum Gasteiger partial charge on any atom is -0.508 e. The zero-order chi connectivity index (χ0) is 17.1. The first-order valence-electron chi connectivity index (χ1n) is 7.40. The minimum absolute atomic E-state index is 0.170. The first-order valence-corrected chi connectivity index (χ1v) is 8.76. The molecule has 0 bridgehead atoms. The van der Waals surface area contributed by atoms with E-state index in [-0.39, 0.29) is 12.4 Å². The van der Waals surface area contributed by atoms with E-state index < -0.39 is 6.10 Å². The van der Waals surface area contributed by atoms with Gasteiger partial charge in [0.15, 0.2) is 5.16 Å². The number of nitrogens with one attached hydrogen (secondary N) is 1. The van der Waals surface area contributed by atoms with Gasteiger partial charge in [0.2, 0.25) is 0 Å². The number of ether oxygens (including phenoxy) is 1. The maximum atomic E-state index is 10.0. The fraction of sp³-hybridized carbons (Fsp3) is 0.235. The van der Waals surface area contributed by atoms with Crippen LogP contribution in [0.2, 0.25) is 5.02 Å². The zero-order valence-corrected chi connectivity index (χ0v) is 14.6. The number of halogens is 1. The van der Waals surface area contributed by atoms with Crippen LogP contribution in [0.5, 0.6) is 11.5 Å². The van der Waals surface area contributed by atoms with Gasteiger partial charge in [-0.25, -0.2) is 4.98 Å². The molecule has 0 aliphatic rings. The number of benzene rings is 2. The molecule has 0 saturated heterocycles. The Morgan fingerprint density at radius 2 is 2.04 bits per heavy atom. The molecule has 7 heteroatoms. The maximum absolute atomic E-state index is 10.0. The highest BCUT2D eigenvalue weighted by molar-refractivity contribution is 7.99. The summed E-state index contributed by atoms with van der Waals surface area (Å²) in [5.41, 5.74) is 2.71. The van der Waals surface area contributed by atoms with Crippen LogP contribution in [0.1, 0.15) is 5.56 Å². The van der Waals surface area contributed by atoms with Crippen molar-refractivity contribution < 1.29 is 14.9 Å². The lowest BCUT2D eigenvalue weighted by atomic mass is 10.2. The number of thioether (sulfide) groups is 1. The van der Waals surface area contributed by atoms with Crippen molar-refractivity contribution in [3.05, 3.63) is 47.0 Å². The van der Waals surface area contributed by atoms with Crippen LogP contribution in [0.4, 0.5) is 0 Å². The lowest BCUT2D eigenvalue weighted by molar-refractivity contribution is 0.126. The number of fused-ring (bicyclic) bond motifs is 1. The van der Waals surface area contributed by atoms with Crippen LogP contribution >= 0.6 is 23.4 Å². The number of H-pyrrole nitrogens is 1. The number of aliphatic hydroxyl groups is 1. The second-order valence-corrected chi connectivity index (χ2v) is 6.85. The monoisotopic (exact) mass is 364 g/mol. The number of aliphatic hydroxyl groups excluding tert-OH is 1. The highest BCUT2D eigenvalue weighted by Crippen LogP contribution is 2.25. The van der Waals surface area contributed by atoms with Gasteiger partial charge in [-0.05, 0) is 48.9 Å². The van der Waals surface area contributed by atoms with E-state index in [1.54, 1.807) is 12.1 Å². The summed E-state index contributed by atoms with van der Waals surface area (Å²) in [6, 6.07) is 10.2. The van der Waals surface area contributed by atoms with Crippen molar-refractivity contribution in [2.24, 2.45) is 0 Å². The minimum atomic E-state index is -0.637. The molecule has 3 rings (SSSR count). The highest BCUT2D eigenvalue weighted by atomic mass is 35.5. The molecule has 0 saturated carbocycles. The number of imidazole rings is 1. The number of hydrogen-bond acceptors (Lipinski definition) is 5. The Morgan fingerprint density at radius 1 is 1.29 bits per heavy atom. The smallest absolute Gasteiger partial charge is 0.166 e. The predicted octanol–water partition coefficient (Wildman–Crippen LogP) is 3.76. The summed E-state index contributed by atoms with van der Waals surface area (Å²) in [5, 5.41) is 20.7. The summed E-state index contributed by atoms with van der Waals surface area (Å²) >= 11 is 7.53. The first-order chi connectivity index (χ1) is 11.5. The Morgan fingerprint density at radius 3 is 2.79 bits per heavy atom. The Kier molecular flexibility index (Phi) is 5.18. The molecule has 126 valence electrons. The van der Waals surface area contributed by atoms with Gasteiger partial charge in [0.25, 0.3) is 0 Å². The molecule has 0 spiro atoms. The molecule has 2 aromatic carbocycles. The normalized spacial score (nSPS) is 12.5. The zero-order valence-electron chi connectivity index (χ0n) is 13.0. The second kappa shape index (κ2) is 7.34. The molecule has 24 heavy (non-hydrogen) atoms. The number of aromatic amines is 1. The Labute approximate surface area is 148 Å². The van der Waals surface area contributed by atoms with Crippen molar-refractivity contribution in [1.82, 2.24) is 9.97 Å². The van der Waals surface area contributed by atoms with Gasteiger partial charge in [0.1, 0.15) is 18.1 Å². The number of nitrogens with zero attached hydrogens (tertiary/aromatic N) is 1. The quantitative estimate of drug-likeness (QED) is 0.580. The molecule has 0 amide bonds. The topological polar surface area (TPSA) is 78.4 Å². The standard InChI is InChI=1S/C17H17ClN2O3S/c1-10-6-15-16(7-14(10)18)20-17(19-15)24-9-12(22)8-23-13-4-2-11(21)3-5-13/h2-7,12,21-22H,8-9H2,1H3,(H,19,20). The summed E-state index contributed by atoms with van der Waals surface area (Å²) in [6.07, 6.45) is -0.637. The SMILES string of the molecule is Cc1cc2nc(SCC(O)COc3ccc(O)cc3)[nH]c2cc1Cl. The molecule has 1 heterocycles. The second-order valence-electron chi connectivity index (χ2n) is 5.43. The van der Waals surface area contributed by atoms with Crippen LogP contribution in [-0.4, -0.2) is 38.6 Å². The number of aryl methyl sites for hydroxylation is 1. The van der Waals surface area contributed by atoms with Crippen molar-refractivity contribution >= 4 is 34.4 Å². The molecule has 3 N–H and O–H groups in total. The molecule has 0 aliphatic heterocycles. The van der Waals surface area contributed by atoms with Crippen LogP contribution in [0, 0.1) is 6.92 Å². The lowest BCUT2D eigenvalue weighted by Crippen LogP contribution is -2.20. The third-order valence-electron chi connectivity index (χ3n) is 3.43. The molecule has 1 atom stereocenters. The van der Waals surface area contributed by atoms with E-state index in [0.717, 1.165) is 21.8 Å². The molecular weight excluding hydrogens is 348 g/mol. The Hall–Kier alpha value is -1.89. The summed E-state index contributed by atoms with van der Waals surface area (Å²) in [5.74, 6) is 1.23. The summed E-state index contributed by atoms with van der Waals surface area (Å²) < 4.78 is 5.48. The maximum Gasteiger partial charge on any atom is 0.166 e. The van der Waals surface area contributed by atoms with E-state index in [1.165, 1.54) is 23.9 Å². The molecule has 3 aromatic rings. The van der Waals surface area contributed by atoms with Crippen molar-refractivity contribution in [2.45, 2.75) is 18.2 Å². The van der Waals surface area contributed by atoms with Gasteiger partial charge in [-0.15, -0.1) is 0 Å². The lowest BCUT2D eigenvalue weighted by Gasteiger charge is -2.11. The van der Waals surface area contributed by atoms with Gasteiger partial charge in [0, 0.05) is 10.8 Å². The van der Waals surface area contributed by atoms with Crippen molar-refractivity contribution in [2.75, 3.05) is 12.4 Å². The van der Waals surface area contributed by atoms with Gasteiger partial charge in [-0.3, -0.25) is 0 Å². The average molecular weight is 365 g/mol. The van der Waals surface area contributed by atoms with Crippen molar-refractivity contribution in [3.8, 4) is 11.5 Å². The number of phenols is 1. The fourth-order valence-corrected chi connectivity index (χ4v) is 3.09. The largest absolute Gasteiger partial charge is 0.508 e. The van der Waals surface area contributed by atoms with E-state index >= 15 is 0 Å². The van der Waals surface area contributed by atoms with Crippen LogP contribution in [0.25, 0.3) is 11.0 Å². The van der Waals surface area contributed by atoms with Crippen LogP contribution in [0.3, 0.4) is 0 Å². The summed E-state index contributed by atoms with van der Waals surface area (Å²) in [4.78, 5) is 7.67. The molecule has 1 aromatic heterocycles. The average Bonchev–Trinajstić information content (AvgIpc) is 2.94. The highest BCUT2D eigenvalue weighted by Gasteiger charge is 2.10. The van der Waals surface area contributed by atoms with Gasteiger partial charge >= 0.3 is 0 Å². The van der Waals surface area contributed by atoms with Gasteiger partial charge in [0.05, 0.1) is 17.1 Å². The number of rotatable bonds is 6. The fourth-order valence-electron chi connectivity index (χ4n) is 2.14. The molecule has 0 radical (unpaired) electrons. The van der Waals surface area contributed by atoms with E-state index in [9.17, 15) is 10.2 Å². The van der Waals surface area contributed by atoms with E-state index in [2.05, 4.69) is 9.97 Å². The van der Waals surface area contributed by atoms with Gasteiger partial charge < -0.3 is 19.9 Å². The number of phenolic OH excluding ortho intramolecular Hbond substituents is 1. The third-order valence-corrected chi connectivity index (χ3v) is 4.86. The molecular formula is C17H17ClN2O3S. The van der Waals surface area contributed by atoms with Gasteiger partial charge in [-0.2, -0.15) is 0 Å². The first kappa shape index (κ1) is 17.0. The Bertz CT molecular complexity index is 797. The van der Waals surface area contributed by atoms with Crippen LogP contribution in [-0.2, 0) is 0 Å². The molecule has 1 unspecified atom stereocenters. The van der Waals surface area contributed by atoms with Gasteiger partial charge in [-0.1, -0.05) is 23.4 Å². The van der Waals surface area contributed by atoms with Crippen LogP contribution < -0.4 is 4.74 Å². The molecule has 0 fully saturated rings. The number of aromatic nitrogens is 2. The van der Waals surface area contributed by atoms with Crippen molar-refractivity contribution in [3.63, 3.8) is 0 Å². The molecule has 0 aliphatic carbocycles. The Balaban J connectivity index is 1.54. The predicted molar refractivity (Wildman–Crippen MR) is 96.2 cm³/mol. The summed E-state index contributed by atoms with van der Waals surface area (Å²) in [6.45, 7) is 2.11. The number of aromatic hydroxyl groups is 1. The van der Waals surface area contributed by atoms with Crippen LogP contribution in [0.15, 0.2) is 41.6 Å². The van der Waals surface area contributed by atoms with E-state index in [4.69, 9.17) is 16.3 Å². The van der Waals surface area contributed by atoms with E-state index in [0.29, 0.717) is 16.5 Å². The third kappa shape index (κ3) is 4.14. The van der Waals surface area contributed by atoms with Crippen molar-refractivity contribution in [1.29, 1.82) is 0 Å².